The van der Waals surface area contributed by atoms with Crippen LogP contribution in [0.3, 0.4) is 0 Å². The second-order valence-electron chi connectivity index (χ2n) is 4.32. The lowest BCUT2D eigenvalue weighted by Gasteiger charge is -2.17. The van der Waals surface area contributed by atoms with Crippen molar-refractivity contribution < 1.29 is 14.4 Å². The number of carbonyl (C=O) groups is 2. The van der Waals surface area contributed by atoms with Crippen molar-refractivity contribution in [3.63, 3.8) is 0 Å². The van der Waals surface area contributed by atoms with E-state index in [-0.39, 0.29) is 18.1 Å². The third kappa shape index (κ3) is 2.20. The highest BCUT2D eigenvalue weighted by Gasteiger charge is 2.18. The van der Waals surface area contributed by atoms with Crippen LogP contribution in [-0.4, -0.2) is 11.7 Å². The molecule has 0 saturated heterocycles. The molecule has 1 aliphatic rings. The van der Waals surface area contributed by atoms with E-state index >= 15 is 0 Å². The van der Waals surface area contributed by atoms with Gasteiger partial charge in [-0.15, -0.1) is 0 Å². The molecule has 4 nitrogen and oxygen atoms in total. The summed E-state index contributed by atoms with van der Waals surface area (Å²) in [6.07, 6.45) is 0.273. The Morgan fingerprint density at radius 2 is 1.84 bits per heavy atom. The fourth-order valence-electron chi connectivity index (χ4n) is 2.01. The van der Waals surface area contributed by atoms with Crippen molar-refractivity contribution in [1.29, 1.82) is 0 Å². The molecule has 0 aliphatic carbocycles. The van der Waals surface area contributed by atoms with E-state index in [9.17, 15) is 9.59 Å². The maximum atomic E-state index is 12.3. The molecule has 0 bridgehead atoms. The van der Waals surface area contributed by atoms with Crippen LogP contribution in [0.2, 0.25) is 0 Å². The third-order valence-corrected chi connectivity index (χ3v) is 2.99. The van der Waals surface area contributed by atoms with Crippen LogP contribution >= 0.6 is 0 Å². The topological polar surface area (TPSA) is 55.4 Å². The van der Waals surface area contributed by atoms with Gasteiger partial charge in [0.05, 0.1) is 6.42 Å². The van der Waals surface area contributed by atoms with Crippen molar-refractivity contribution >= 4 is 11.7 Å². The molecule has 19 heavy (non-hydrogen) atoms. The molecule has 0 spiro atoms. The number of hydrogen-bond donors (Lipinski definition) is 1. The molecule has 0 aromatic heterocycles. The number of carbonyl (C=O) groups excluding carboxylic acids is 2. The maximum Gasteiger partial charge on any atom is 0.257 e. The van der Waals surface area contributed by atoms with E-state index in [4.69, 9.17) is 4.84 Å². The first-order valence-electron chi connectivity index (χ1n) is 5.92. The molecule has 1 N–H and O–H groups in total. The summed E-state index contributed by atoms with van der Waals surface area (Å²) in [7, 11) is 0. The summed E-state index contributed by atoms with van der Waals surface area (Å²) in [6.45, 7) is 0. The van der Waals surface area contributed by atoms with Gasteiger partial charge in [0, 0.05) is 16.7 Å². The molecule has 0 radical (unpaired) electrons. The van der Waals surface area contributed by atoms with E-state index in [1.807, 2.05) is 18.2 Å². The van der Waals surface area contributed by atoms with Crippen molar-refractivity contribution in [3.8, 4) is 5.75 Å². The summed E-state index contributed by atoms with van der Waals surface area (Å²) in [5.74, 6) is 0.278. The summed E-state index contributed by atoms with van der Waals surface area (Å²) in [4.78, 5) is 28.5. The van der Waals surface area contributed by atoms with Gasteiger partial charge in [0.15, 0.2) is 11.5 Å². The van der Waals surface area contributed by atoms with Gasteiger partial charge in [0.2, 0.25) is 0 Å². The lowest BCUT2D eigenvalue weighted by Crippen LogP contribution is -2.33. The van der Waals surface area contributed by atoms with E-state index in [2.05, 4.69) is 5.48 Å². The van der Waals surface area contributed by atoms with Crippen LogP contribution in [0.5, 0.6) is 5.75 Å². The van der Waals surface area contributed by atoms with Crippen LogP contribution in [0, 0.1) is 0 Å². The summed E-state index contributed by atoms with van der Waals surface area (Å²) >= 11 is 0. The molecular formula is C15H11NO3. The number of fused-ring (bicyclic) bond motifs is 1. The number of rotatable bonds is 2. The van der Waals surface area contributed by atoms with Crippen LogP contribution < -0.4 is 10.3 Å². The third-order valence-electron chi connectivity index (χ3n) is 2.99. The average Bonchev–Trinajstić information content (AvgIpc) is 2.47. The highest BCUT2D eigenvalue weighted by molar-refractivity contribution is 6.09. The Labute approximate surface area is 110 Å². The molecule has 2 aromatic carbocycles. The monoisotopic (exact) mass is 253 g/mol. The minimum atomic E-state index is -0.186. The zero-order valence-electron chi connectivity index (χ0n) is 10.1. The van der Waals surface area contributed by atoms with E-state index in [0.29, 0.717) is 16.9 Å². The van der Waals surface area contributed by atoms with Crippen LogP contribution in [0.15, 0.2) is 48.5 Å². The van der Waals surface area contributed by atoms with Gasteiger partial charge in [0.1, 0.15) is 0 Å². The molecule has 0 fully saturated rings. The Morgan fingerprint density at radius 3 is 2.63 bits per heavy atom. The molecule has 1 aliphatic heterocycles. The Kier molecular flexibility index (Phi) is 2.76. The molecule has 3 rings (SSSR count). The standard InChI is InChI=1S/C15H11NO3/c17-14-9-11-6-7-12(8-13(11)19-16-14)15(18)10-4-2-1-3-5-10/h1-8H,9H2,(H,16,17). The lowest BCUT2D eigenvalue weighted by molar-refractivity contribution is -0.128. The summed E-state index contributed by atoms with van der Waals surface area (Å²) in [5, 5.41) is 0. The first-order valence-corrected chi connectivity index (χ1v) is 5.92. The zero-order chi connectivity index (χ0) is 13.2. The van der Waals surface area contributed by atoms with Crippen molar-refractivity contribution in [2.24, 2.45) is 0 Å². The van der Waals surface area contributed by atoms with Crippen LogP contribution in [-0.2, 0) is 11.2 Å². The van der Waals surface area contributed by atoms with Gasteiger partial charge in [0.25, 0.3) is 5.91 Å². The number of hydroxylamine groups is 1. The van der Waals surface area contributed by atoms with Gasteiger partial charge in [-0.2, -0.15) is 5.48 Å². The number of benzene rings is 2. The normalized spacial score (nSPS) is 13.2. The predicted molar refractivity (Wildman–Crippen MR) is 68.8 cm³/mol. The molecule has 2 aromatic rings. The van der Waals surface area contributed by atoms with Crippen molar-refractivity contribution in [2.75, 3.05) is 0 Å². The van der Waals surface area contributed by atoms with E-state index in [1.54, 1.807) is 30.3 Å². The van der Waals surface area contributed by atoms with Crippen LogP contribution in [0.1, 0.15) is 21.5 Å². The number of amides is 1. The molecule has 0 unspecified atom stereocenters. The number of ketones is 1. The zero-order valence-corrected chi connectivity index (χ0v) is 10.1. The second-order valence-corrected chi connectivity index (χ2v) is 4.32. The predicted octanol–water partition coefficient (Wildman–Crippen LogP) is 1.88. The molecule has 94 valence electrons. The van der Waals surface area contributed by atoms with Gasteiger partial charge in [-0.25, -0.2) is 0 Å². The first-order chi connectivity index (χ1) is 9.24. The lowest BCUT2D eigenvalue weighted by atomic mass is 10.00. The molecule has 4 heteroatoms. The maximum absolute atomic E-state index is 12.3. The Balaban J connectivity index is 1.95. The van der Waals surface area contributed by atoms with Gasteiger partial charge in [-0.1, -0.05) is 42.5 Å². The fraction of sp³-hybridized carbons (Fsp3) is 0.0667. The summed E-state index contributed by atoms with van der Waals surface area (Å²) in [6, 6.07) is 14.2. The Hall–Kier alpha value is -2.62. The quantitative estimate of drug-likeness (QED) is 0.831. The van der Waals surface area contributed by atoms with E-state index in [0.717, 1.165) is 5.56 Å². The molecule has 1 amide bonds. The molecule has 0 saturated carbocycles. The highest BCUT2D eigenvalue weighted by Crippen LogP contribution is 2.24. The first kappa shape index (κ1) is 11.5. The van der Waals surface area contributed by atoms with Gasteiger partial charge in [-0.05, 0) is 6.07 Å². The number of nitrogens with one attached hydrogen (secondary N) is 1. The van der Waals surface area contributed by atoms with Crippen molar-refractivity contribution in [3.05, 3.63) is 65.2 Å². The average molecular weight is 253 g/mol. The van der Waals surface area contributed by atoms with Crippen LogP contribution in [0.4, 0.5) is 0 Å². The largest absolute Gasteiger partial charge is 0.379 e. The SMILES string of the molecule is O=C1Cc2ccc(C(=O)c3ccccc3)cc2ON1. The van der Waals surface area contributed by atoms with Crippen molar-refractivity contribution in [1.82, 2.24) is 5.48 Å². The minimum absolute atomic E-state index is 0.0658. The van der Waals surface area contributed by atoms with E-state index < -0.39 is 0 Å². The van der Waals surface area contributed by atoms with Gasteiger partial charge < -0.3 is 4.84 Å². The molecule has 0 atom stereocenters. The molecule has 1 heterocycles. The Morgan fingerprint density at radius 1 is 1.05 bits per heavy atom. The van der Waals surface area contributed by atoms with Crippen molar-refractivity contribution in [2.45, 2.75) is 6.42 Å². The van der Waals surface area contributed by atoms with Gasteiger partial charge >= 0.3 is 0 Å². The smallest absolute Gasteiger partial charge is 0.257 e. The minimum Gasteiger partial charge on any atom is -0.379 e. The van der Waals surface area contributed by atoms with Crippen LogP contribution in [0.25, 0.3) is 0 Å². The highest BCUT2D eigenvalue weighted by atomic mass is 16.7. The van der Waals surface area contributed by atoms with Gasteiger partial charge in [-0.3, -0.25) is 9.59 Å². The molecular weight excluding hydrogens is 242 g/mol. The fourth-order valence-corrected chi connectivity index (χ4v) is 2.01. The summed E-state index contributed by atoms with van der Waals surface area (Å²) in [5.41, 5.74) is 4.25. The summed E-state index contributed by atoms with van der Waals surface area (Å²) < 4.78 is 0. The second kappa shape index (κ2) is 4.57. The Bertz CT molecular complexity index is 650. The number of hydrogen-bond acceptors (Lipinski definition) is 3. The van der Waals surface area contributed by atoms with E-state index in [1.165, 1.54) is 0 Å².